The van der Waals surface area contributed by atoms with Gasteiger partial charge < -0.3 is 10.1 Å². The van der Waals surface area contributed by atoms with Crippen molar-refractivity contribution in [3.8, 4) is 0 Å². The molecule has 0 aliphatic rings. The molecule has 2 aromatic carbocycles. The topological polar surface area (TPSA) is 116 Å². The van der Waals surface area contributed by atoms with E-state index in [1.807, 2.05) is 0 Å². The van der Waals surface area contributed by atoms with E-state index in [4.69, 9.17) is 0 Å². The second-order valence-corrected chi connectivity index (χ2v) is 6.66. The second kappa shape index (κ2) is 8.56. The minimum absolute atomic E-state index is 0.0141. The third kappa shape index (κ3) is 4.35. The van der Waals surface area contributed by atoms with Crippen molar-refractivity contribution in [2.24, 2.45) is 0 Å². The van der Waals surface area contributed by atoms with E-state index < -0.39 is 10.9 Å². The normalized spacial score (nSPS) is 10.5. The molecule has 0 saturated carbocycles. The Morgan fingerprint density at radius 1 is 1.13 bits per heavy atom. The van der Waals surface area contributed by atoms with Crippen molar-refractivity contribution in [2.45, 2.75) is 20.4 Å². The number of anilines is 1. The highest BCUT2D eigenvalue weighted by molar-refractivity contribution is 6.04. The van der Waals surface area contributed by atoms with E-state index in [1.54, 1.807) is 61.0 Å². The highest BCUT2D eigenvalue weighted by atomic mass is 16.6. The molecule has 0 atom stereocenters. The molecule has 1 N–H and O–H groups in total. The Hall–Kier alpha value is -4.01. The molecule has 0 aliphatic carbocycles. The molecule has 30 heavy (non-hydrogen) atoms. The predicted molar refractivity (Wildman–Crippen MR) is 110 cm³/mol. The van der Waals surface area contributed by atoms with Gasteiger partial charge in [0, 0.05) is 11.3 Å². The molecule has 0 saturated heterocycles. The van der Waals surface area contributed by atoms with E-state index in [1.165, 1.54) is 13.2 Å². The van der Waals surface area contributed by atoms with E-state index in [-0.39, 0.29) is 11.6 Å². The molecular formula is C21H20N4O5. The summed E-state index contributed by atoms with van der Waals surface area (Å²) >= 11 is 0. The molecule has 0 fully saturated rings. The highest BCUT2D eigenvalue weighted by Crippen LogP contribution is 2.22. The largest absolute Gasteiger partial charge is 0.465 e. The fourth-order valence-electron chi connectivity index (χ4n) is 3.09. The van der Waals surface area contributed by atoms with Gasteiger partial charge in [-0.2, -0.15) is 5.10 Å². The van der Waals surface area contributed by atoms with Crippen LogP contribution in [0.25, 0.3) is 0 Å². The van der Waals surface area contributed by atoms with E-state index >= 15 is 0 Å². The molecule has 9 nitrogen and oxygen atoms in total. The summed E-state index contributed by atoms with van der Waals surface area (Å²) in [6.07, 6.45) is 0. The zero-order valence-corrected chi connectivity index (χ0v) is 16.7. The van der Waals surface area contributed by atoms with Gasteiger partial charge >= 0.3 is 11.7 Å². The summed E-state index contributed by atoms with van der Waals surface area (Å²) in [6, 6.07) is 13.3. The molecule has 0 radical (unpaired) electrons. The summed E-state index contributed by atoms with van der Waals surface area (Å²) in [5, 5.41) is 18.1. The number of ether oxygens (including phenoxy) is 1. The van der Waals surface area contributed by atoms with Crippen LogP contribution in [0.2, 0.25) is 0 Å². The van der Waals surface area contributed by atoms with E-state index in [2.05, 4.69) is 15.2 Å². The van der Waals surface area contributed by atoms with Crippen molar-refractivity contribution in [3.63, 3.8) is 0 Å². The summed E-state index contributed by atoms with van der Waals surface area (Å²) in [6.45, 7) is 3.61. The average Bonchev–Trinajstić information content (AvgIpc) is 3.01. The van der Waals surface area contributed by atoms with Gasteiger partial charge in [-0.05, 0) is 49.7 Å². The van der Waals surface area contributed by atoms with Crippen molar-refractivity contribution in [1.29, 1.82) is 0 Å². The lowest BCUT2D eigenvalue weighted by molar-refractivity contribution is -0.386. The Balaban J connectivity index is 1.72. The monoisotopic (exact) mass is 408 g/mol. The lowest BCUT2D eigenvalue weighted by atomic mass is 10.1. The number of aryl methyl sites for hydroxylation is 1. The lowest BCUT2D eigenvalue weighted by Crippen LogP contribution is -2.13. The third-order valence-corrected chi connectivity index (χ3v) is 4.62. The summed E-state index contributed by atoms with van der Waals surface area (Å²) in [4.78, 5) is 34.8. The molecular weight excluding hydrogens is 388 g/mol. The predicted octanol–water partition coefficient (Wildman–Crippen LogP) is 3.50. The molecule has 1 heterocycles. The molecule has 3 aromatic rings. The maximum absolute atomic E-state index is 12.5. The van der Waals surface area contributed by atoms with Gasteiger partial charge in [0.1, 0.15) is 11.4 Å². The van der Waals surface area contributed by atoms with Gasteiger partial charge in [-0.3, -0.25) is 19.6 Å². The van der Waals surface area contributed by atoms with Gasteiger partial charge in [0.05, 0.1) is 24.1 Å². The van der Waals surface area contributed by atoms with Crippen LogP contribution in [0.5, 0.6) is 0 Å². The minimum Gasteiger partial charge on any atom is -0.465 e. The maximum atomic E-state index is 12.5. The van der Waals surface area contributed by atoms with Crippen LogP contribution in [0, 0.1) is 24.0 Å². The van der Waals surface area contributed by atoms with Crippen LogP contribution in [0.1, 0.15) is 37.7 Å². The Morgan fingerprint density at radius 3 is 2.43 bits per heavy atom. The van der Waals surface area contributed by atoms with E-state index in [0.29, 0.717) is 34.7 Å². The fraction of sp³-hybridized carbons (Fsp3) is 0.190. The number of methoxy groups -OCH3 is 1. The molecule has 0 bridgehead atoms. The van der Waals surface area contributed by atoms with Crippen LogP contribution in [-0.4, -0.2) is 33.7 Å². The number of hydrogen-bond donors (Lipinski definition) is 1. The van der Waals surface area contributed by atoms with Crippen molar-refractivity contribution in [2.75, 3.05) is 12.4 Å². The zero-order valence-electron chi connectivity index (χ0n) is 16.7. The number of carbonyl (C=O) groups excluding carboxylic acids is 2. The molecule has 1 amide bonds. The fourth-order valence-corrected chi connectivity index (χ4v) is 3.09. The minimum atomic E-state index is -0.486. The van der Waals surface area contributed by atoms with Crippen LogP contribution >= 0.6 is 0 Å². The number of amides is 1. The van der Waals surface area contributed by atoms with Crippen molar-refractivity contribution in [1.82, 2.24) is 9.78 Å². The highest BCUT2D eigenvalue weighted by Gasteiger charge is 2.21. The number of rotatable bonds is 6. The Morgan fingerprint density at radius 2 is 1.83 bits per heavy atom. The second-order valence-electron chi connectivity index (χ2n) is 6.66. The van der Waals surface area contributed by atoms with Gasteiger partial charge in [0.15, 0.2) is 0 Å². The van der Waals surface area contributed by atoms with Crippen LogP contribution in [0.3, 0.4) is 0 Å². The van der Waals surface area contributed by atoms with Gasteiger partial charge in [-0.1, -0.05) is 18.2 Å². The maximum Gasteiger partial charge on any atom is 0.337 e. The first-order chi connectivity index (χ1) is 14.3. The molecule has 0 unspecified atom stereocenters. The SMILES string of the molecule is COC(=O)c1cccc(NC(=O)c2ccc(Cn3nc(C)c([N+](=O)[O-])c3C)cc2)c1. The van der Waals surface area contributed by atoms with Crippen molar-refractivity contribution < 1.29 is 19.2 Å². The standard InChI is InChI=1S/C21H20N4O5/c1-13-19(25(28)29)14(2)24(23-13)12-15-7-9-16(10-8-15)20(26)22-18-6-4-5-17(11-18)21(27)30-3/h4-11H,12H2,1-3H3,(H,22,26). The van der Waals surface area contributed by atoms with Gasteiger partial charge in [-0.15, -0.1) is 0 Å². The van der Waals surface area contributed by atoms with Crippen LogP contribution < -0.4 is 5.32 Å². The first kappa shape index (κ1) is 20.7. The number of hydrogen-bond acceptors (Lipinski definition) is 6. The van der Waals surface area contributed by atoms with Crippen LogP contribution in [-0.2, 0) is 11.3 Å². The van der Waals surface area contributed by atoms with Crippen molar-refractivity contribution in [3.05, 3.63) is 86.7 Å². The zero-order chi connectivity index (χ0) is 21.8. The molecule has 154 valence electrons. The number of nitrogens with one attached hydrogen (secondary N) is 1. The average molecular weight is 408 g/mol. The first-order valence-corrected chi connectivity index (χ1v) is 9.07. The van der Waals surface area contributed by atoms with Crippen molar-refractivity contribution >= 4 is 23.3 Å². The molecule has 1 aromatic heterocycles. The first-order valence-electron chi connectivity index (χ1n) is 9.07. The number of benzene rings is 2. The van der Waals surface area contributed by atoms with Crippen LogP contribution in [0.4, 0.5) is 11.4 Å². The summed E-state index contributed by atoms with van der Waals surface area (Å²) in [5.74, 6) is -0.815. The third-order valence-electron chi connectivity index (χ3n) is 4.62. The summed E-state index contributed by atoms with van der Waals surface area (Å²) in [7, 11) is 1.29. The number of nitrogens with zero attached hydrogens (tertiary/aromatic N) is 3. The molecule has 3 rings (SSSR count). The number of nitro groups is 1. The Bertz CT molecular complexity index is 1120. The Kier molecular flexibility index (Phi) is 5.91. The smallest absolute Gasteiger partial charge is 0.337 e. The quantitative estimate of drug-likeness (QED) is 0.379. The van der Waals surface area contributed by atoms with Gasteiger partial charge in [0.2, 0.25) is 0 Å². The summed E-state index contributed by atoms with van der Waals surface area (Å²) < 4.78 is 6.25. The molecule has 9 heteroatoms. The lowest BCUT2D eigenvalue weighted by Gasteiger charge is -2.08. The summed E-state index contributed by atoms with van der Waals surface area (Å²) in [5.41, 5.74) is 2.94. The number of aromatic nitrogens is 2. The van der Waals surface area contributed by atoms with Crippen LogP contribution in [0.15, 0.2) is 48.5 Å². The number of esters is 1. The van der Waals surface area contributed by atoms with Gasteiger partial charge in [-0.25, -0.2) is 4.79 Å². The molecule has 0 spiro atoms. The molecule has 0 aliphatic heterocycles. The van der Waals surface area contributed by atoms with Gasteiger partial charge in [0.25, 0.3) is 5.91 Å². The van der Waals surface area contributed by atoms with E-state index in [0.717, 1.165) is 5.56 Å². The van der Waals surface area contributed by atoms with E-state index in [9.17, 15) is 19.7 Å². The Labute approximate surface area is 172 Å². The number of carbonyl (C=O) groups is 2.